The Morgan fingerprint density at radius 3 is 2.37 bits per heavy atom. The molecule has 0 aliphatic rings. The van der Waals surface area contributed by atoms with Crippen molar-refractivity contribution in [2.75, 3.05) is 0 Å². The van der Waals surface area contributed by atoms with Gasteiger partial charge in [0.05, 0.1) is 6.04 Å². The molecule has 1 aromatic carbocycles. The van der Waals surface area contributed by atoms with Crippen LogP contribution in [0, 0.1) is 0 Å². The molecule has 0 amide bonds. The summed E-state index contributed by atoms with van der Waals surface area (Å²) in [6.45, 7) is 14.8. The van der Waals surface area contributed by atoms with Gasteiger partial charge in [0.15, 0.2) is 0 Å². The molecule has 0 bridgehead atoms. The van der Waals surface area contributed by atoms with Crippen LogP contribution in [-0.2, 0) is 20.6 Å². The quantitative estimate of drug-likeness (QED) is 0.142. The number of ether oxygens (including phenoxy) is 1. The van der Waals surface area contributed by atoms with Crippen molar-refractivity contribution >= 4 is 14.3 Å². The third-order valence-electron chi connectivity index (χ3n) is 4.21. The first-order valence-corrected chi connectivity index (χ1v) is 13.5. The van der Waals surface area contributed by atoms with E-state index in [4.69, 9.17) is 9.26 Å². The zero-order valence-electron chi connectivity index (χ0n) is 17.7. The first-order chi connectivity index (χ1) is 12.8. The Labute approximate surface area is 166 Å². The highest BCUT2D eigenvalue weighted by atomic mass is 28.4. The first kappa shape index (κ1) is 23.6. The van der Waals surface area contributed by atoms with Crippen molar-refractivity contribution in [2.24, 2.45) is 0 Å². The minimum absolute atomic E-state index is 0.0461. The Morgan fingerprint density at radius 1 is 1.19 bits per heavy atom. The van der Waals surface area contributed by atoms with Gasteiger partial charge in [0, 0.05) is 13.5 Å². The SMILES string of the molecule is C=C[C@H](OC(C)=O)[C@H](CCCCCC)N(Cc1ccccc1)O[Si](C)(C)C. The van der Waals surface area contributed by atoms with Crippen molar-refractivity contribution in [3.8, 4) is 0 Å². The average molecular weight is 392 g/mol. The fourth-order valence-corrected chi connectivity index (χ4v) is 3.96. The van der Waals surface area contributed by atoms with Gasteiger partial charge in [-0.3, -0.25) is 4.79 Å². The standard InChI is InChI=1S/C22H37NO3Si/c1-7-9-10-14-17-21(22(8-2)25-19(3)24)23(26-27(4,5)6)18-20-15-12-11-13-16-20/h8,11-13,15-16,21-22H,2,7,9-10,14,17-18H2,1,3-6H3/t21-,22-/m0/s1. The third-order valence-corrected chi connectivity index (χ3v) is 4.99. The smallest absolute Gasteiger partial charge is 0.303 e. The lowest BCUT2D eigenvalue weighted by atomic mass is 10.0. The van der Waals surface area contributed by atoms with Gasteiger partial charge < -0.3 is 9.26 Å². The molecule has 1 rings (SSSR count). The van der Waals surface area contributed by atoms with Crippen LogP contribution >= 0.6 is 0 Å². The van der Waals surface area contributed by atoms with E-state index >= 15 is 0 Å². The Kier molecular flexibility index (Phi) is 10.6. The molecule has 0 spiro atoms. The molecule has 5 heteroatoms. The summed E-state index contributed by atoms with van der Waals surface area (Å²) in [6.07, 6.45) is 6.90. The van der Waals surface area contributed by atoms with Crippen LogP contribution in [-0.4, -0.2) is 31.5 Å². The number of nitrogens with zero attached hydrogens (tertiary/aromatic N) is 1. The zero-order chi connectivity index (χ0) is 20.3. The van der Waals surface area contributed by atoms with Crippen LogP contribution in [0.1, 0.15) is 51.5 Å². The van der Waals surface area contributed by atoms with Crippen molar-refractivity contribution in [1.82, 2.24) is 5.06 Å². The molecule has 0 aliphatic carbocycles. The maximum absolute atomic E-state index is 11.6. The molecule has 152 valence electrons. The molecule has 0 N–H and O–H groups in total. The first-order valence-electron chi connectivity index (χ1n) is 10.1. The Bertz CT molecular complexity index is 556. The molecule has 0 aromatic heterocycles. The van der Waals surface area contributed by atoms with Gasteiger partial charge in [-0.1, -0.05) is 69.5 Å². The van der Waals surface area contributed by atoms with Crippen molar-refractivity contribution in [2.45, 2.75) is 84.3 Å². The van der Waals surface area contributed by atoms with E-state index in [1.54, 1.807) is 6.08 Å². The lowest BCUT2D eigenvalue weighted by Gasteiger charge is -2.38. The number of benzene rings is 1. The molecule has 0 fully saturated rings. The summed E-state index contributed by atoms with van der Waals surface area (Å²) < 4.78 is 12.0. The molecule has 4 nitrogen and oxygen atoms in total. The van der Waals surface area contributed by atoms with E-state index in [-0.39, 0.29) is 18.1 Å². The molecule has 1 aromatic rings. The molecule has 0 radical (unpaired) electrons. The maximum Gasteiger partial charge on any atom is 0.303 e. The summed E-state index contributed by atoms with van der Waals surface area (Å²) in [5.41, 5.74) is 1.18. The van der Waals surface area contributed by atoms with Gasteiger partial charge in [-0.05, 0) is 37.7 Å². The fourth-order valence-electron chi connectivity index (χ4n) is 3.06. The summed E-state index contributed by atoms with van der Waals surface area (Å²) in [5, 5.41) is 2.04. The van der Waals surface area contributed by atoms with Crippen LogP contribution in [0.2, 0.25) is 19.6 Å². The number of carbonyl (C=O) groups excluding carboxylic acids is 1. The van der Waals surface area contributed by atoms with Gasteiger partial charge in [0.2, 0.25) is 8.32 Å². The molecule has 27 heavy (non-hydrogen) atoms. The number of esters is 1. The van der Waals surface area contributed by atoms with Crippen LogP contribution < -0.4 is 0 Å². The summed E-state index contributed by atoms with van der Waals surface area (Å²) in [4.78, 5) is 11.6. The second-order valence-electron chi connectivity index (χ2n) is 7.99. The summed E-state index contributed by atoms with van der Waals surface area (Å²) in [7, 11) is -1.84. The van der Waals surface area contributed by atoms with E-state index in [0.29, 0.717) is 6.54 Å². The van der Waals surface area contributed by atoms with Crippen molar-refractivity contribution in [3.63, 3.8) is 0 Å². The Balaban J connectivity index is 3.07. The molecular weight excluding hydrogens is 354 g/mol. The van der Waals surface area contributed by atoms with Crippen LogP contribution in [0.25, 0.3) is 0 Å². The molecule has 0 saturated carbocycles. The monoisotopic (exact) mass is 391 g/mol. The number of rotatable bonds is 13. The number of hydroxylamine groups is 2. The Morgan fingerprint density at radius 2 is 1.85 bits per heavy atom. The summed E-state index contributed by atoms with van der Waals surface area (Å²) >= 11 is 0. The molecule has 0 heterocycles. The summed E-state index contributed by atoms with van der Waals surface area (Å²) in [6, 6.07) is 10.2. The van der Waals surface area contributed by atoms with Crippen molar-refractivity contribution in [1.29, 1.82) is 0 Å². The minimum atomic E-state index is -1.84. The number of carbonyl (C=O) groups is 1. The van der Waals surface area contributed by atoms with Crippen molar-refractivity contribution < 1.29 is 14.1 Å². The van der Waals surface area contributed by atoms with E-state index in [2.05, 4.69) is 45.3 Å². The van der Waals surface area contributed by atoms with Crippen molar-refractivity contribution in [3.05, 3.63) is 48.6 Å². The minimum Gasteiger partial charge on any atom is -0.457 e. The number of unbranched alkanes of at least 4 members (excludes halogenated alkanes) is 3. The van der Waals surface area contributed by atoms with Crippen LogP contribution in [0.3, 0.4) is 0 Å². The molecular formula is C22H37NO3Si. The topological polar surface area (TPSA) is 38.8 Å². The van der Waals surface area contributed by atoms with Gasteiger partial charge >= 0.3 is 5.97 Å². The fraction of sp³-hybridized carbons (Fsp3) is 0.591. The normalized spacial score (nSPS) is 14.0. The van der Waals surface area contributed by atoms with E-state index in [0.717, 1.165) is 12.8 Å². The van der Waals surface area contributed by atoms with Gasteiger partial charge in [-0.2, -0.15) is 5.06 Å². The molecule has 0 saturated heterocycles. The van der Waals surface area contributed by atoms with E-state index in [9.17, 15) is 4.79 Å². The third kappa shape index (κ3) is 9.89. The van der Waals surface area contributed by atoms with Gasteiger partial charge in [0.1, 0.15) is 6.10 Å². The van der Waals surface area contributed by atoms with Crippen LogP contribution in [0.15, 0.2) is 43.0 Å². The Hall–Kier alpha value is -1.43. The summed E-state index contributed by atoms with van der Waals surface area (Å²) in [5.74, 6) is -0.286. The zero-order valence-corrected chi connectivity index (χ0v) is 18.7. The van der Waals surface area contributed by atoms with E-state index < -0.39 is 8.32 Å². The second-order valence-corrected chi connectivity index (χ2v) is 12.4. The second kappa shape index (κ2) is 12.1. The lowest BCUT2D eigenvalue weighted by Crippen LogP contribution is -2.48. The van der Waals surface area contributed by atoms with Gasteiger partial charge in [-0.15, -0.1) is 0 Å². The molecule has 2 atom stereocenters. The maximum atomic E-state index is 11.6. The average Bonchev–Trinajstić information content (AvgIpc) is 2.59. The predicted octanol–water partition coefficient (Wildman–Crippen LogP) is 5.71. The largest absolute Gasteiger partial charge is 0.457 e. The molecule has 0 unspecified atom stereocenters. The highest BCUT2D eigenvalue weighted by molar-refractivity contribution is 6.69. The highest BCUT2D eigenvalue weighted by Gasteiger charge is 2.32. The van der Waals surface area contributed by atoms with Gasteiger partial charge in [0.25, 0.3) is 0 Å². The molecule has 0 aliphatic heterocycles. The predicted molar refractivity (Wildman–Crippen MR) is 115 cm³/mol. The highest BCUT2D eigenvalue weighted by Crippen LogP contribution is 2.23. The number of hydrogen-bond acceptors (Lipinski definition) is 4. The van der Waals surface area contributed by atoms with E-state index in [1.807, 2.05) is 23.3 Å². The van der Waals surface area contributed by atoms with Crippen LogP contribution in [0.4, 0.5) is 0 Å². The van der Waals surface area contributed by atoms with E-state index in [1.165, 1.54) is 31.7 Å². The van der Waals surface area contributed by atoms with Gasteiger partial charge in [-0.25, -0.2) is 0 Å². The lowest BCUT2D eigenvalue weighted by molar-refractivity contribution is -0.166. The van der Waals surface area contributed by atoms with Crippen LogP contribution in [0.5, 0.6) is 0 Å². The number of hydrogen-bond donors (Lipinski definition) is 0.